The molecule has 8 heteroatoms. The van der Waals surface area contributed by atoms with Crippen molar-refractivity contribution in [1.29, 1.82) is 0 Å². The van der Waals surface area contributed by atoms with E-state index in [0.29, 0.717) is 24.3 Å². The van der Waals surface area contributed by atoms with Crippen LogP contribution in [0.5, 0.6) is 5.75 Å². The molecule has 2 aromatic carbocycles. The van der Waals surface area contributed by atoms with Crippen LogP contribution < -0.4 is 5.32 Å². The summed E-state index contributed by atoms with van der Waals surface area (Å²) >= 11 is 0. The molecule has 2 N–H and O–H groups in total. The summed E-state index contributed by atoms with van der Waals surface area (Å²) in [5.74, 6) is -0.458. The molecule has 1 aliphatic heterocycles. The number of carbonyl (C=O) groups excluding carboxylic acids is 1. The molecule has 0 unspecified atom stereocenters. The first kappa shape index (κ1) is 20.3. The van der Waals surface area contributed by atoms with Gasteiger partial charge in [-0.05, 0) is 62.7 Å². The Hall–Kier alpha value is -2.42. The lowest BCUT2D eigenvalue weighted by molar-refractivity contribution is -0.0440. The van der Waals surface area contributed by atoms with E-state index in [4.69, 9.17) is 4.74 Å². The third kappa shape index (κ3) is 4.35. The van der Waals surface area contributed by atoms with Gasteiger partial charge in [0.25, 0.3) is 5.91 Å². The van der Waals surface area contributed by atoms with Crippen molar-refractivity contribution >= 4 is 21.6 Å². The number of aromatic hydroxyl groups is 1. The standard InChI is InChI=1S/C20H24N2O5S/c1-13-4-9-18(19(23)10-13)21-20(24)16-5-7-17(8-6-16)28(25,26)22-11-14(2)27-15(3)12-22/h4-10,14-15,23H,11-12H2,1-3H3,(H,21,24)/t14-,15+. The number of phenols is 1. The normalized spacial score (nSPS) is 20.7. The van der Waals surface area contributed by atoms with Crippen LogP contribution in [0.2, 0.25) is 0 Å². The quantitative estimate of drug-likeness (QED) is 0.764. The number of benzene rings is 2. The molecule has 1 fully saturated rings. The smallest absolute Gasteiger partial charge is 0.255 e. The maximum atomic E-state index is 12.9. The van der Waals surface area contributed by atoms with Crippen molar-refractivity contribution in [2.24, 2.45) is 0 Å². The second-order valence-electron chi connectivity index (χ2n) is 7.08. The monoisotopic (exact) mass is 404 g/mol. The lowest BCUT2D eigenvalue weighted by Gasteiger charge is -2.34. The molecule has 0 radical (unpaired) electrons. The predicted molar refractivity (Wildman–Crippen MR) is 106 cm³/mol. The number of rotatable bonds is 4. The van der Waals surface area contributed by atoms with Crippen molar-refractivity contribution in [3.8, 4) is 5.75 Å². The van der Waals surface area contributed by atoms with Gasteiger partial charge in [0.05, 0.1) is 22.8 Å². The molecule has 2 atom stereocenters. The maximum Gasteiger partial charge on any atom is 0.255 e. The molecule has 0 aromatic heterocycles. The maximum absolute atomic E-state index is 12.9. The van der Waals surface area contributed by atoms with E-state index in [9.17, 15) is 18.3 Å². The summed E-state index contributed by atoms with van der Waals surface area (Å²) in [4.78, 5) is 12.5. The van der Waals surface area contributed by atoms with Crippen LogP contribution in [0.1, 0.15) is 29.8 Å². The lowest BCUT2D eigenvalue weighted by Crippen LogP contribution is -2.48. The third-order valence-electron chi connectivity index (χ3n) is 4.54. The van der Waals surface area contributed by atoms with Crippen LogP contribution in [-0.2, 0) is 14.8 Å². The first-order valence-electron chi connectivity index (χ1n) is 9.03. The minimum Gasteiger partial charge on any atom is -0.506 e. The average molecular weight is 404 g/mol. The second-order valence-corrected chi connectivity index (χ2v) is 9.02. The zero-order valence-corrected chi connectivity index (χ0v) is 16.9. The van der Waals surface area contributed by atoms with Crippen LogP contribution in [0.3, 0.4) is 0 Å². The number of sulfonamides is 1. The van der Waals surface area contributed by atoms with Gasteiger partial charge < -0.3 is 15.2 Å². The van der Waals surface area contributed by atoms with E-state index in [-0.39, 0.29) is 22.9 Å². The van der Waals surface area contributed by atoms with Gasteiger partial charge in [-0.3, -0.25) is 4.79 Å². The van der Waals surface area contributed by atoms with E-state index in [0.717, 1.165) is 5.56 Å². The van der Waals surface area contributed by atoms with Crippen LogP contribution in [0.25, 0.3) is 0 Å². The molecule has 0 bridgehead atoms. The molecule has 0 aliphatic carbocycles. The first-order chi connectivity index (χ1) is 13.2. The summed E-state index contributed by atoms with van der Waals surface area (Å²) in [6, 6.07) is 10.7. The average Bonchev–Trinajstić information content (AvgIpc) is 2.63. The summed E-state index contributed by atoms with van der Waals surface area (Å²) in [7, 11) is -3.66. The number of phenolic OH excluding ortho intramolecular Hbond substituents is 1. The van der Waals surface area contributed by atoms with Crippen molar-refractivity contribution in [2.45, 2.75) is 37.9 Å². The van der Waals surface area contributed by atoms with Crippen LogP contribution in [0.4, 0.5) is 5.69 Å². The molecule has 150 valence electrons. The number of hydrogen-bond acceptors (Lipinski definition) is 5. The van der Waals surface area contributed by atoms with Gasteiger partial charge in [0.15, 0.2) is 0 Å². The van der Waals surface area contributed by atoms with Gasteiger partial charge in [0.1, 0.15) is 5.75 Å². The van der Waals surface area contributed by atoms with E-state index >= 15 is 0 Å². The van der Waals surface area contributed by atoms with Gasteiger partial charge in [-0.2, -0.15) is 4.31 Å². The number of ether oxygens (including phenoxy) is 1. The number of nitrogens with one attached hydrogen (secondary N) is 1. The zero-order valence-electron chi connectivity index (χ0n) is 16.0. The predicted octanol–water partition coefficient (Wildman–Crippen LogP) is 2.75. The van der Waals surface area contributed by atoms with Gasteiger partial charge in [-0.1, -0.05) is 6.07 Å². The Kier molecular flexibility index (Phi) is 5.74. The largest absolute Gasteiger partial charge is 0.506 e. The Balaban J connectivity index is 1.76. The van der Waals surface area contributed by atoms with Crippen molar-refractivity contribution < 1.29 is 23.1 Å². The van der Waals surface area contributed by atoms with Crippen molar-refractivity contribution in [1.82, 2.24) is 4.31 Å². The number of amides is 1. The lowest BCUT2D eigenvalue weighted by atomic mass is 10.2. The Bertz CT molecular complexity index is 963. The second kappa shape index (κ2) is 7.90. The number of aryl methyl sites for hydroxylation is 1. The Morgan fingerprint density at radius 1 is 1.11 bits per heavy atom. The van der Waals surface area contributed by atoms with E-state index in [2.05, 4.69) is 5.32 Å². The molecular formula is C20H24N2O5S. The minimum atomic E-state index is -3.66. The van der Waals surface area contributed by atoms with Gasteiger partial charge in [0, 0.05) is 18.7 Å². The van der Waals surface area contributed by atoms with Crippen molar-refractivity contribution in [3.05, 3.63) is 53.6 Å². The van der Waals surface area contributed by atoms with E-state index in [1.807, 2.05) is 20.8 Å². The molecule has 1 heterocycles. The Morgan fingerprint density at radius 3 is 2.29 bits per heavy atom. The first-order valence-corrected chi connectivity index (χ1v) is 10.5. The number of morpholine rings is 1. The number of nitrogens with zero attached hydrogens (tertiary/aromatic N) is 1. The third-order valence-corrected chi connectivity index (χ3v) is 6.39. The summed E-state index contributed by atoms with van der Waals surface area (Å²) in [5.41, 5.74) is 1.46. The van der Waals surface area contributed by atoms with Crippen molar-refractivity contribution in [3.63, 3.8) is 0 Å². The van der Waals surface area contributed by atoms with E-state index in [1.54, 1.807) is 18.2 Å². The van der Waals surface area contributed by atoms with Crippen LogP contribution in [-0.4, -0.2) is 49.0 Å². The van der Waals surface area contributed by atoms with Gasteiger partial charge in [0.2, 0.25) is 10.0 Å². The molecule has 28 heavy (non-hydrogen) atoms. The fourth-order valence-electron chi connectivity index (χ4n) is 3.20. The molecule has 1 amide bonds. The SMILES string of the molecule is Cc1ccc(NC(=O)c2ccc(S(=O)(=O)N3C[C@@H](C)O[C@@H](C)C3)cc2)c(O)c1. The highest BCUT2D eigenvalue weighted by atomic mass is 32.2. The van der Waals surface area contributed by atoms with Gasteiger partial charge >= 0.3 is 0 Å². The fraction of sp³-hybridized carbons (Fsp3) is 0.350. The highest BCUT2D eigenvalue weighted by Crippen LogP contribution is 2.25. The van der Waals surface area contributed by atoms with E-state index < -0.39 is 15.9 Å². The van der Waals surface area contributed by atoms with Crippen molar-refractivity contribution in [2.75, 3.05) is 18.4 Å². The zero-order chi connectivity index (χ0) is 20.5. The summed E-state index contributed by atoms with van der Waals surface area (Å²) in [6.07, 6.45) is -0.350. The molecule has 1 saturated heterocycles. The molecule has 2 aromatic rings. The van der Waals surface area contributed by atoms with E-state index in [1.165, 1.54) is 28.6 Å². The molecular weight excluding hydrogens is 380 g/mol. The van der Waals surface area contributed by atoms with Crippen LogP contribution >= 0.6 is 0 Å². The number of hydrogen-bond donors (Lipinski definition) is 2. The molecule has 0 saturated carbocycles. The highest BCUT2D eigenvalue weighted by Gasteiger charge is 2.32. The summed E-state index contributed by atoms with van der Waals surface area (Å²) < 4.78 is 32.7. The molecule has 1 aliphatic rings. The minimum absolute atomic E-state index is 0.0249. The van der Waals surface area contributed by atoms with Gasteiger partial charge in [-0.15, -0.1) is 0 Å². The topological polar surface area (TPSA) is 95.9 Å². The molecule has 7 nitrogen and oxygen atoms in total. The molecule has 3 rings (SSSR count). The highest BCUT2D eigenvalue weighted by molar-refractivity contribution is 7.89. The summed E-state index contributed by atoms with van der Waals surface area (Å²) in [5, 5.41) is 12.5. The van der Waals surface area contributed by atoms with Gasteiger partial charge in [-0.25, -0.2) is 8.42 Å². The Morgan fingerprint density at radius 2 is 1.71 bits per heavy atom. The molecule has 0 spiro atoms. The Labute approximate surface area is 165 Å². The number of anilines is 1. The van der Waals surface area contributed by atoms with Crippen LogP contribution in [0.15, 0.2) is 47.4 Å². The summed E-state index contributed by atoms with van der Waals surface area (Å²) in [6.45, 7) is 6.10. The fourth-order valence-corrected chi connectivity index (χ4v) is 4.79. The number of carbonyl (C=O) groups is 1. The van der Waals surface area contributed by atoms with Crippen LogP contribution in [0, 0.1) is 6.92 Å².